The molecule has 20 heavy (non-hydrogen) atoms. The Bertz CT molecular complexity index is 441. The molecular formula is C17H27N2O+. The van der Waals surface area contributed by atoms with Gasteiger partial charge < -0.3 is 10.6 Å². The summed E-state index contributed by atoms with van der Waals surface area (Å²) < 4.78 is 0. The lowest BCUT2D eigenvalue weighted by Crippen LogP contribution is -2.97. The minimum absolute atomic E-state index is 0.0261. The van der Waals surface area contributed by atoms with E-state index in [2.05, 4.69) is 17.6 Å². The smallest absolute Gasteiger partial charge is 0.282 e. The van der Waals surface area contributed by atoms with Crippen LogP contribution in [0, 0.1) is 12.8 Å². The first kappa shape index (κ1) is 15.0. The number of amides is 1. The molecule has 0 heterocycles. The Labute approximate surface area is 122 Å². The van der Waals surface area contributed by atoms with Crippen molar-refractivity contribution in [3.05, 3.63) is 29.8 Å². The summed E-state index contributed by atoms with van der Waals surface area (Å²) in [5.74, 6) is 0.824. The van der Waals surface area contributed by atoms with Gasteiger partial charge in [0.15, 0.2) is 6.04 Å². The molecule has 1 aliphatic carbocycles. The number of anilines is 1. The standard InChI is InChI=1S/C17H26N2O/c1-12-8-10-15(11-9-12)19-17(20)14(3)18-16-7-5-4-6-13(16)2/h8-11,13-14,16,18H,4-7H2,1-3H3,(H,19,20)/p+1/t13-,14-,16-/m0/s1. The number of hydrogen-bond donors (Lipinski definition) is 2. The first-order chi connectivity index (χ1) is 9.56. The summed E-state index contributed by atoms with van der Waals surface area (Å²) in [5.41, 5.74) is 2.09. The highest BCUT2D eigenvalue weighted by Crippen LogP contribution is 2.21. The molecule has 0 aromatic heterocycles. The fourth-order valence-corrected chi connectivity index (χ4v) is 2.98. The zero-order valence-electron chi connectivity index (χ0n) is 12.9. The lowest BCUT2D eigenvalue weighted by molar-refractivity contribution is -0.714. The maximum Gasteiger partial charge on any atom is 0.282 e. The maximum absolute atomic E-state index is 12.2. The first-order valence-corrected chi connectivity index (χ1v) is 7.79. The van der Waals surface area contributed by atoms with Crippen molar-refractivity contribution in [3.8, 4) is 0 Å². The summed E-state index contributed by atoms with van der Waals surface area (Å²) in [6.07, 6.45) is 5.18. The number of rotatable bonds is 4. The van der Waals surface area contributed by atoms with Gasteiger partial charge in [-0.05, 0) is 45.2 Å². The second kappa shape index (κ2) is 6.89. The summed E-state index contributed by atoms with van der Waals surface area (Å²) in [6.45, 7) is 6.36. The molecule has 2 rings (SSSR count). The van der Waals surface area contributed by atoms with Gasteiger partial charge in [0.2, 0.25) is 0 Å². The van der Waals surface area contributed by atoms with Gasteiger partial charge in [-0.1, -0.05) is 31.0 Å². The van der Waals surface area contributed by atoms with Gasteiger partial charge in [-0.2, -0.15) is 0 Å². The van der Waals surface area contributed by atoms with Crippen LogP contribution in [-0.4, -0.2) is 18.0 Å². The summed E-state index contributed by atoms with van der Waals surface area (Å²) in [5, 5.41) is 5.26. The van der Waals surface area contributed by atoms with Gasteiger partial charge in [-0.25, -0.2) is 0 Å². The molecule has 110 valence electrons. The van der Waals surface area contributed by atoms with E-state index in [1.807, 2.05) is 38.1 Å². The van der Waals surface area contributed by atoms with Crippen molar-refractivity contribution in [2.45, 2.75) is 58.5 Å². The molecule has 3 atom stereocenters. The molecule has 0 unspecified atom stereocenters. The Morgan fingerprint density at radius 2 is 1.90 bits per heavy atom. The lowest BCUT2D eigenvalue weighted by Gasteiger charge is -2.28. The zero-order chi connectivity index (χ0) is 14.5. The maximum atomic E-state index is 12.2. The molecule has 1 aromatic carbocycles. The molecule has 0 bridgehead atoms. The third kappa shape index (κ3) is 4.07. The average molecular weight is 275 g/mol. The quantitative estimate of drug-likeness (QED) is 0.871. The van der Waals surface area contributed by atoms with Crippen molar-refractivity contribution in [3.63, 3.8) is 0 Å². The molecule has 0 spiro atoms. The van der Waals surface area contributed by atoms with Crippen LogP contribution in [0.15, 0.2) is 24.3 Å². The molecule has 0 aliphatic heterocycles. The Hall–Kier alpha value is -1.35. The number of nitrogens with two attached hydrogens (primary N) is 1. The lowest BCUT2D eigenvalue weighted by atomic mass is 9.85. The van der Waals surface area contributed by atoms with E-state index in [0.29, 0.717) is 6.04 Å². The van der Waals surface area contributed by atoms with Crippen LogP contribution in [0.2, 0.25) is 0 Å². The summed E-state index contributed by atoms with van der Waals surface area (Å²) in [6, 6.07) is 8.54. The highest BCUT2D eigenvalue weighted by molar-refractivity contribution is 5.93. The van der Waals surface area contributed by atoms with Crippen LogP contribution in [0.5, 0.6) is 0 Å². The summed E-state index contributed by atoms with van der Waals surface area (Å²) in [4.78, 5) is 12.2. The number of carbonyl (C=O) groups excluding carboxylic acids is 1. The minimum atomic E-state index is -0.0261. The molecule has 1 aromatic rings. The van der Waals surface area contributed by atoms with Crippen LogP contribution < -0.4 is 10.6 Å². The summed E-state index contributed by atoms with van der Waals surface area (Å²) in [7, 11) is 0. The summed E-state index contributed by atoms with van der Waals surface area (Å²) >= 11 is 0. The fourth-order valence-electron chi connectivity index (χ4n) is 2.98. The van der Waals surface area contributed by atoms with Gasteiger partial charge in [-0.3, -0.25) is 4.79 Å². The largest absolute Gasteiger partial charge is 0.334 e. The highest BCUT2D eigenvalue weighted by atomic mass is 16.2. The number of hydrogen-bond acceptors (Lipinski definition) is 1. The van der Waals surface area contributed by atoms with Crippen LogP contribution in [0.4, 0.5) is 5.69 Å². The number of aryl methyl sites for hydroxylation is 1. The van der Waals surface area contributed by atoms with Crippen LogP contribution >= 0.6 is 0 Å². The predicted octanol–water partition coefficient (Wildman–Crippen LogP) is 2.46. The van der Waals surface area contributed by atoms with Crippen molar-refractivity contribution in [1.82, 2.24) is 0 Å². The SMILES string of the molecule is Cc1ccc(NC(=O)[C@H](C)[NH2+][C@H]2CCCC[C@@H]2C)cc1. The van der Waals surface area contributed by atoms with Crippen LogP contribution in [0.3, 0.4) is 0 Å². The highest BCUT2D eigenvalue weighted by Gasteiger charge is 2.28. The van der Waals surface area contributed by atoms with Crippen molar-refractivity contribution in [2.24, 2.45) is 5.92 Å². The van der Waals surface area contributed by atoms with Gasteiger partial charge in [0.1, 0.15) is 0 Å². The molecule has 1 aliphatic rings. The molecular weight excluding hydrogens is 248 g/mol. The van der Waals surface area contributed by atoms with E-state index in [4.69, 9.17) is 0 Å². The van der Waals surface area contributed by atoms with E-state index in [1.54, 1.807) is 0 Å². The van der Waals surface area contributed by atoms with Crippen LogP contribution in [-0.2, 0) is 4.79 Å². The van der Waals surface area contributed by atoms with Crippen molar-refractivity contribution in [1.29, 1.82) is 0 Å². The van der Waals surface area contributed by atoms with E-state index >= 15 is 0 Å². The molecule has 3 heteroatoms. The van der Waals surface area contributed by atoms with Gasteiger partial charge >= 0.3 is 0 Å². The van der Waals surface area contributed by atoms with E-state index in [1.165, 1.54) is 31.2 Å². The second-order valence-corrected chi connectivity index (χ2v) is 6.26. The predicted molar refractivity (Wildman–Crippen MR) is 82.6 cm³/mol. The van der Waals surface area contributed by atoms with Gasteiger partial charge in [-0.15, -0.1) is 0 Å². The van der Waals surface area contributed by atoms with Crippen molar-refractivity contribution in [2.75, 3.05) is 5.32 Å². The molecule has 1 fully saturated rings. The monoisotopic (exact) mass is 275 g/mol. The van der Waals surface area contributed by atoms with E-state index in [9.17, 15) is 4.79 Å². The first-order valence-electron chi connectivity index (χ1n) is 7.79. The molecule has 0 radical (unpaired) electrons. The molecule has 3 N–H and O–H groups in total. The average Bonchev–Trinajstić information content (AvgIpc) is 2.44. The van der Waals surface area contributed by atoms with E-state index in [-0.39, 0.29) is 11.9 Å². The Morgan fingerprint density at radius 3 is 2.55 bits per heavy atom. The number of nitrogens with one attached hydrogen (secondary N) is 1. The van der Waals surface area contributed by atoms with Gasteiger partial charge in [0.25, 0.3) is 5.91 Å². The molecule has 3 nitrogen and oxygen atoms in total. The zero-order valence-corrected chi connectivity index (χ0v) is 12.9. The molecule has 1 saturated carbocycles. The Morgan fingerprint density at radius 1 is 1.25 bits per heavy atom. The van der Waals surface area contributed by atoms with Gasteiger partial charge in [0, 0.05) is 11.6 Å². The second-order valence-electron chi connectivity index (χ2n) is 6.26. The number of quaternary nitrogens is 1. The van der Waals surface area contributed by atoms with Crippen molar-refractivity contribution >= 4 is 11.6 Å². The van der Waals surface area contributed by atoms with Gasteiger partial charge in [0.05, 0.1) is 6.04 Å². The Kier molecular flexibility index (Phi) is 5.18. The Balaban J connectivity index is 1.86. The van der Waals surface area contributed by atoms with E-state index in [0.717, 1.165) is 11.6 Å². The number of carbonyl (C=O) groups is 1. The normalized spacial score (nSPS) is 24.1. The minimum Gasteiger partial charge on any atom is -0.334 e. The molecule has 0 saturated heterocycles. The van der Waals surface area contributed by atoms with Crippen molar-refractivity contribution < 1.29 is 10.1 Å². The molecule has 1 amide bonds. The van der Waals surface area contributed by atoms with E-state index < -0.39 is 0 Å². The third-order valence-corrected chi connectivity index (χ3v) is 4.45. The van der Waals surface area contributed by atoms with Crippen LogP contribution in [0.25, 0.3) is 0 Å². The fraction of sp³-hybridized carbons (Fsp3) is 0.588. The third-order valence-electron chi connectivity index (χ3n) is 4.45. The topological polar surface area (TPSA) is 45.7 Å². The van der Waals surface area contributed by atoms with Crippen LogP contribution in [0.1, 0.15) is 45.1 Å². The number of benzene rings is 1.